The molecule has 0 spiro atoms. The first-order valence-corrected chi connectivity index (χ1v) is 8.27. The van der Waals surface area contributed by atoms with E-state index in [0.29, 0.717) is 6.04 Å². The van der Waals surface area contributed by atoms with Crippen LogP contribution in [0.2, 0.25) is 0 Å². The predicted octanol–water partition coefficient (Wildman–Crippen LogP) is 2.72. The molecule has 0 bridgehead atoms. The second kappa shape index (κ2) is 6.99. The number of amides is 1. The molecule has 1 aromatic heterocycles. The number of aromatic nitrogens is 2. The van der Waals surface area contributed by atoms with Gasteiger partial charge in [0.1, 0.15) is 0 Å². The summed E-state index contributed by atoms with van der Waals surface area (Å²) in [6, 6.07) is 6.44. The number of rotatable bonds is 7. The topological polar surface area (TPSA) is 77.2 Å². The zero-order valence-electron chi connectivity index (χ0n) is 12.5. The summed E-state index contributed by atoms with van der Waals surface area (Å²) in [7, 11) is 0. The maximum absolute atomic E-state index is 13.5. The fraction of sp³-hybridized carbons (Fsp3) is 0.400. The number of benzene rings is 1. The van der Waals surface area contributed by atoms with Crippen LogP contribution in [-0.4, -0.2) is 27.9 Å². The minimum atomic E-state index is -0.589. The molecule has 1 fully saturated rings. The summed E-state index contributed by atoms with van der Waals surface area (Å²) in [5, 5.41) is 10.9. The lowest BCUT2D eigenvalue weighted by Crippen LogP contribution is -2.26. The Morgan fingerprint density at radius 2 is 2.26 bits per heavy atom. The third-order valence-electron chi connectivity index (χ3n) is 3.18. The van der Waals surface area contributed by atoms with E-state index in [-0.39, 0.29) is 28.5 Å². The highest BCUT2D eigenvalue weighted by molar-refractivity contribution is 7.99. The molecule has 1 aromatic carbocycles. The molecule has 0 aliphatic heterocycles. The number of carbonyl (C=O) groups excluding carboxylic acids is 1. The van der Waals surface area contributed by atoms with Gasteiger partial charge in [-0.25, -0.2) is 4.39 Å². The highest BCUT2D eigenvalue weighted by Gasteiger charge is 2.23. The number of nitrogens with zero attached hydrogens (tertiary/aromatic N) is 2. The van der Waals surface area contributed by atoms with Crippen molar-refractivity contribution in [1.29, 1.82) is 0 Å². The second-order valence-corrected chi connectivity index (χ2v) is 6.15. The Kier molecular flexibility index (Phi) is 4.80. The van der Waals surface area contributed by atoms with Gasteiger partial charge in [0.25, 0.3) is 11.1 Å². The van der Waals surface area contributed by atoms with Crippen molar-refractivity contribution in [2.45, 2.75) is 37.1 Å². The van der Waals surface area contributed by atoms with Gasteiger partial charge in [0.05, 0.1) is 5.75 Å². The highest BCUT2D eigenvalue weighted by atomic mass is 32.2. The van der Waals surface area contributed by atoms with E-state index in [1.807, 2.05) is 0 Å². The molecular formula is C15H16FN3O3S. The summed E-state index contributed by atoms with van der Waals surface area (Å²) >= 11 is 1.16. The Morgan fingerprint density at radius 1 is 1.48 bits per heavy atom. The van der Waals surface area contributed by atoms with Crippen LogP contribution in [0.4, 0.5) is 4.39 Å². The number of halogens is 1. The molecule has 1 atom stereocenters. The molecule has 6 nitrogen and oxygen atoms in total. The zero-order valence-corrected chi connectivity index (χ0v) is 13.3. The zero-order chi connectivity index (χ0) is 16.2. The van der Waals surface area contributed by atoms with E-state index in [9.17, 15) is 9.18 Å². The molecule has 0 radical (unpaired) electrons. The predicted molar refractivity (Wildman–Crippen MR) is 81.6 cm³/mol. The summed E-state index contributed by atoms with van der Waals surface area (Å²) in [6.07, 6.45) is 1.51. The van der Waals surface area contributed by atoms with E-state index in [0.717, 1.165) is 24.6 Å². The van der Waals surface area contributed by atoms with Gasteiger partial charge in [0.2, 0.25) is 5.91 Å². The number of nitrogens with one attached hydrogen (secondary N) is 1. The average Bonchev–Trinajstić information content (AvgIpc) is 3.21. The van der Waals surface area contributed by atoms with E-state index in [1.165, 1.54) is 12.1 Å². The number of ether oxygens (including phenoxy) is 1. The molecule has 23 heavy (non-hydrogen) atoms. The smallest absolute Gasteiger partial charge is 0.277 e. The fourth-order valence-corrected chi connectivity index (χ4v) is 2.43. The van der Waals surface area contributed by atoms with Crippen molar-refractivity contribution in [3.63, 3.8) is 0 Å². The lowest BCUT2D eigenvalue weighted by molar-refractivity contribution is -0.118. The van der Waals surface area contributed by atoms with Crippen LogP contribution in [0, 0.1) is 5.82 Å². The molecule has 0 saturated heterocycles. The van der Waals surface area contributed by atoms with Crippen molar-refractivity contribution in [1.82, 2.24) is 15.5 Å². The molecule has 1 aliphatic carbocycles. The Bertz CT molecular complexity index is 690. The van der Waals surface area contributed by atoms with Gasteiger partial charge in [-0.2, -0.15) is 0 Å². The SMILES string of the molecule is C[C@H](Oc1ccccc1F)c1nnc(SCC(=O)NC2CC2)o1. The van der Waals surface area contributed by atoms with Crippen molar-refractivity contribution in [2.24, 2.45) is 0 Å². The molecule has 1 heterocycles. The fourth-order valence-electron chi connectivity index (χ4n) is 1.85. The van der Waals surface area contributed by atoms with Crippen molar-refractivity contribution in [3.8, 4) is 5.75 Å². The molecule has 122 valence electrons. The minimum Gasteiger partial charge on any atom is -0.478 e. The number of carbonyl (C=O) groups is 1. The van der Waals surface area contributed by atoms with Crippen molar-refractivity contribution in [3.05, 3.63) is 36.0 Å². The van der Waals surface area contributed by atoms with Crippen LogP contribution in [0.5, 0.6) is 5.75 Å². The van der Waals surface area contributed by atoms with Gasteiger partial charge in [-0.3, -0.25) is 4.79 Å². The molecule has 0 unspecified atom stereocenters. The van der Waals surface area contributed by atoms with E-state index in [1.54, 1.807) is 19.1 Å². The minimum absolute atomic E-state index is 0.0482. The van der Waals surface area contributed by atoms with E-state index < -0.39 is 11.9 Å². The van der Waals surface area contributed by atoms with Crippen LogP contribution >= 0.6 is 11.8 Å². The van der Waals surface area contributed by atoms with Crippen LogP contribution in [-0.2, 0) is 4.79 Å². The Balaban J connectivity index is 1.53. The number of para-hydroxylation sites is 1. The molecule has 3 rings (SSSR count). The summed E-state index contributed by atoms with van der Waals surface area (Å²) in [5.41, 5.74) is 0. The van der Waals surface area contributed by atoms with Gasteiger partial charge in [-0.15, -0.1) is 10.2 Å². The average molecular weight is 337 g/mol. The Morgan fingerprint density at radius 3 is 3.00 bits per heavy atom. The largest absolute Gasteiger partial charge is 0.478 e. The Labute approximate surface area is 136 Å². The van der Waals surface area contributed by atoms with Crippen molar-refractivity contribution >= 4 is 17.7 Å². The normalized spacial score (nSPS) is 15.2. The maximum Gasteiger partial charge on any atom is 0.277 e. The quantitative estimate of drug-likeness (QED) is 0.783. The summed E-state index contributed by atoms with van der Waals surface area (Å²) in [6.45, 7) is 1.69. The molecule has 1 N–H and O–H groups in total. The standard InChI is InChI=1S/C15H16FN3O3S/c1-9(21-12-5-3-2-4-11(12)16)14-18-19-15(22-14)23-8-13(20)17-10-6-7-10/h2-5,9-10H,6-8H2,1H3,(H,17,20)/t9-/m0/s1. The molecular weight excluding hydrogens is 321 g/mol. The highest BCUT2D eigenvalue weighted by Crippen LogP contribution is 2.25. The van der Waals surface area contributed by atoms with Gasteiger partial charge < -0.3 is 14.5 Å². The maximum atomic E-state index is 13.5. The Hall–Kier alpha value is -2.09. The first kappa shape index (κ1) is 15.8. The molecule has 1 aliphatic rings. The lowest BCUT2D eigenvalue weighted by Gasteiger charge is -2.11. The number of hydrogen-bond donors (Lipinski definition) is 1. The van der Waals surface area contributed by atoms with Crippen molar-refractivity contribution < 1.29 is 18.3 Å². The van der Waals surface area contributed by atoms with Gasteiger partial charge >= 0.3 is 0 Å². The van der Waals surface area contributed by atoms with Crippen LogP contribution in [0.1, 0.15) is 31.8 Å². The van der Waals surface area contributed by atoms with Crippen LogP contribution in [0.3, 0.4) is 0 Å². The molecule has 1 amide bonds. The second-order valence-electron chi connectivity index (χ2n) is 5.23. The molecule has 8 heteroatoms. The van der Waals surface area contributed by atoms with E-state index >= 15 is 0 Å². The first-order valence-electron chi connectivity index (χ1n) is 7.28. The van der Waals surface area contributed by atoms with Gasteiger partial charge in [0.15, 0.2) is 17.7 Å². The number of hydrogen-bond acceptors (Lipinski definition) is 6. The lowest BCUT2D eigenvalue weighted by atomic mass is 10.3. The van der Waals surface area contributed by atoms with Crippen LogP contribution < -0.4 is 10.1 Å². The van der Waals surface area contributed by atoms with E-state index in [4.69, 9.17) is 9.15 Å². The summed E-state index contributed by atoms with van der Waals surface area (Å²) < 4.78 is 24.5. The van der Waals surface area contributed by atoms with Crippen LogP contribution in [0.25, 0.3) is 0 Å². The van der Waals surface area contributed by atoms with Crippen LogP contribution in [0.15, 0.2) is 33.9 Å². The monoisotopic (exact) mass is 337 g/mol. The third-order valence-corrected chi connectivity index (χ3v) is 4.00. The number of thioether (sulfide) groups is 1. The van der Waals surface area contributed by atoms with Gasteiger partial charge in [-0.05, 0) is 31.9 Å². The van der Waals surface area contributed by atoms with Crippen molar-refractivity contribution in [2.75, 3.05) is 5.75 Å². The van der Waals surface area contributed by atoms with Gasteiger partial charge in [-0.1, -0.05) is 23.9 Å². The first-order chi connectivity index (χ1) is 11.1. The summed E-state index contributed by atoms with van der Waals surface area (Å²) in [5.74, 6) is 0.0772. The molecule has 1 saturated carbocycles. The summed E-state index contributed by atoms with van der Waals surface area (Å²) in [4.78, 5) is 11.6. The third kappa shape index (κ3) is 4.44. The molecule has 2 aromatic rings. The van der Waals surface area contributed by atoms with Gasteiger partial charge in [0, 0.05) is 6.04 Å². The van der Waals surface area contributed by atoms with E-state index in [2.05, 4.69) is 15.5 Å².